The topological polar surface area (TPSA) is 123 Å². The van der Waals surface area contributed by atoms with Crippen molar-refractivity contribution < 1.29 is 18.3 Å². The van der Waals surface area contributed by atoms with Crippen molar-refractivity contribution in [2.45, 2.75) is 11.8 Å². The Hall–Kier alpha value is -3.07. The molecule has 0 aliphatic heterocycles. The fourth-order valence-electron chi connectivity index (χ4n) is 2.65. The van der Waals surface area contributed by atoms with Crippen molar-refractivity contribution in [3.8, 4) is 0 Å². The third-order valence-corrected chi connectivity index (χ3v) is 5.84. The summed E-state index contributed by atoms with van der Waals surface area (Å²) in [7, 11) is -2.73. The molecule has 0 unspecified atom stereocenters. The summed E-state index contributed by atoms with van der Waals surface area (Å²) in [5.74, 6) is -1.22. The SMILES string of the molecule is Cc1cc2[nH]c(=O)[nH]c2cc1S(=O)(=O)N(C)c1ccccc1C(=O)O. The van der Waals surface area contributed by atoms with Gasteiger partial charge in [0.1, 0.15) is 0 Å². The number of anilines is 1. The van der Waals surface area contributed by atoms with E-state index in [2.05, 4.69) is 9.97 Å². The molecule has 0 bridgehead atoms. The minimum absolute atomic E-state index is 0.0158. The van der Waals surface area contributed by atoms with Gasteiger partial charge in [-0.05, 0) is 36.8 Å². The highest BCUT2D eigenvalue weighted by Gasteiger charge is 2.27. The zero-order valence-corrected chi connectivity index (χ0v) is 14.2. The molecule has 9 heteroatoms. The number of carboxylic acids is 1. The number of nitrogens with one attached hydrogen (secondary N) is 2. The molecule has 3 rings (SSSR count). The highest BCUT2D eigenvalue weighted by molar-refractivity contribution is 7.92. The maximum absolute atomic E-state index is 13.0. The zero-order chi connectivity index (χ0) is 18.4. The van der Waals surface area contributed by atoms with E-state index < -0.39 is 21.7 Å². The van der Waals surface area contributed by atoms with Gasteiger partial charge >= 0.3 is 11.7 Å². The number of carbonyl (C=O) groups is 1. The number of aryl methyl sites for hydroxylation is 1. The third-order valence-electron chi connectivity index (χ3n) is 3.92. The van der Waals surface area contributed by atoms with Crippen LogP contribution in [0.1, 0.15) is 15.9 Å². The highest BCUT2D eigenvalue weighted by atomic mass is 32.2. The average molecular weight is 361 g/mol. The lowest BCUT2D eigenvalue weighted by Gasteiger charge is -2.22. The quantitative estimate of drug-likeness (QED) is 0.652. The Morgan fingerprint density at radius 1 is 1.12 bits per heavy atom. The van der Waals surface area contributed by atoms with Gasteiger partial charge in [0.2, 0.25) is 0 Å². The molecule has 0 amide bonds. The van der Waals surface area contributed by atoms with Crippen molar-refractivity contribution >= 4 is 32.7 Å². The molecule has 0 aliphatic rings. The van der Waals surface area contributed by atoms with E-state index in [0.29, 0.717) is 16.6 Å². The molecule has 2 aromatic carbocycles. The smallest absolute Gasteiger partial charge is 0.337 e. The van der Waals surface area contributed by atoms with Gasteiger partial charge < -0.3 is 15.1 Å². The molecule has 3 aromatic rings. The van der Waals surface area contributed by atoms with Crippen molar-refractivity contribution in [3.63, 3.8) is 0 Å². The summed E-state index contributed by atoms with van der Waals surface area (Å²) in [6.45, 7) is 1.61. The minimum Gasteiger partial charge on any atom is -0.478 e. The number of benzene rings is 2. The Morgan fingerprint density at radius 2 is 1.72 bits per heavy atom. The molecule has 25 heavy (non-hydrogen) atoms. The van der Waals surface area contributed by atoms with Crippen LogP contribution < -0.4 is 9.99 Å². The summed E-state index contributed by atoms with van der Waals surface area (Å²) in [6.07, 6.45) is 0. The fourth-order valence-corrected chi connectivity index (χ4v) is 4.10. The van der Waals surface area contributed by atoms with Gasteiger partial charge in [0.25, 0.3) is 10.0 Å². The van der Waals surface area contributed by atoms with E-state index in [9.17, 15) is 23.1 Å². The van der Waals surface area contributed by atoms with Crippen molar-refractivity contribution in [2.75, 3.05) is 11.4 Å². The Morgan fingerprint density at radius 3 is 2.36 bits per heavy atom. The molecule has 1 aromatic heterocycles. The van der Waals surface area contributed by atoms with E-state index in [1.54, 1.807) is 19.1 Å². The van der Waals surface area contributed by atoms with Crippen LogP contribution in [0.3, 0.4) is 0 Å². The summed E-state index contributed by atoms with van der Waals surface area (Å²) in [6, 6.07) is 8.76. The van der Waals surface area contributed by atoms with Crippen LogP contribution in [0.15, 0.2) is 46.1 Å². The molecule has 0 saturated carbocycles. The van der Waals surface area contributed by atoms with Crippen LogP contribution >= 0.6 is 0 Å². The Bertz CT molecular complexity index is 1140. The van der Waals surface area contributed by atoms with E-state index in [-0.39, 0.29) is 16.1 Å². The van der Waals surface area contributed by atoms with Crippen LogP contribution in [-0.2, 0) is 10.0 Å². The number of H-pyrrole nitrogens is 2. The number of aromatic carboxylic acids is 1. The van der Waals surface area contributed by atoms with Crippen LogP contribution in [0.4, 0.5) is 5.69 Å². The maximum Gasteiger partial charge on any atom is 0.337 e. The zero-order valence-electron chi connectivity index (χ0n) is 13.4. The van der Waals surface area contributed by atoms with E-state index in [1.165, 1.54) is 31.3 Å². The van der Waals surface area contributed by atoms with Crippen LogP contribution in [0, 0.1) is 6.92 Å². The summed E-state index contributed by atoms with van der Waals surface area (Å²) >= 11 is 0. The summed E-state index contributed by atoms with van der Waals surface area (Å²) in [5.41, 5.74) is 0.777. The predicted molar refractivity (Wildman–Crippen MR) is 92.6 cm³/mol. The fraction of sp³-hybridized carbons (Fsp3) is 0.125. The van der Waals surface area contributed by atoms with Crippen molar-refractivity contribution in [1.29, 1.82) is 0 Å². The van der Waals surface area contributed by atoms with Gasteiger partial charge in [-0.3, -0.25) is 4.31 Å². The van der Waals surface area contributed by atoms with Gasteiger partial charge in [-0.15, -0.1) is 0 Å². The summed E-state index contributed by atoms with van der Waals surface area (Å²) in [5, 5.41) is 9.28. The lowest BCUT2D eigenvalue weighted by Crippen LogP contribution is -2.28. The van der Waals surface area contributed by atoms with Gasteiger partial charge in [-0.1, -0.05) is 12.1 Å². The lowest BCUT2D eigenvalue weighted by atomic mass is 10.2. The number of aromatic amines is 2. The number of aromatic nitrogens is 2. The minimum atomic E-state index is -4.03. The number of sulfonamides is 1. The molecule has 0 spiro atoms. The number of carboxylic acid groups (broad SMARTS) is 1. The van der Waals surface area contributed by atoms with E-state index >= 15 is 0 Å². The molecule has 130 valence electrons. The number of hydrogen-bond acceptors (Lipinski definition) is 4. The van der Waals surface area contributed by atoms with Crippen LogP contribution in [-0.4, -0.2) is 36.5 Å². The lowest BCUT2D eigenvalue weighted by molar-refractivity contribution is 0.0698. The number of rotatable bonds is 4. The first kappa shape index (κ1) is 16.8. The van der Waals surface area contributed by atoms with E-state index in [1.807, 2.05) is 0 Å². The van der Waals surface area contributed by atoms with Gasteiger partial charge in [-0.2, -0.15) is 0 Å². The highest BCUT2D eigenvalue weighted by Crippen LogP contribution is 2.28. The second kappa shape index (κ2) is 5.78. The van der Waals surface area contributed by atoms with Crippen LogP contribution in [0.25, 0.3) is 11.0 Å². The first-order valence-corrected chi connectivity index (χ1v) is 8.69. The number of hydrogen-bond donors (Lipinski definition) is 3. The first-order chi connectivity index (χ1) is 11.7. The molecule has 0 radical (unpaired) electrons. The van der Waals surface area contributed by atoms with Crippen LogP contribution in [0.5, 0.6) is 0 Å². The molecular formula is C16H15N3O5S. The number of fused-ring (bicyclic) bond motifs is 1. The molecule has 3 N–H and O–H groups in total. The standard InChI is InChI=1S/C16H15N3O5S/c1-9-7-11-12(18-16(22)17-11)8-14(9)25(23,24)19(2)13-6-4-3-5-10(13)15(20)21/h3-8H,1-2H3,(H,20,21)(H2,17,18,22). The van der Waals surface area contributed by atoms with Crippen molar-refractivity contribution in [2.24, 2.45) is 0 Å². The monoisotopic (exact) mass is 361 g/mol. The maximum atomic E-state index is 13.0. The molecule has 0 atom stereocenters. The molecule has 0 fully saturated rings. The second-order valence-electron chi connectivity index (χ2n) is 5.54. The molecule has 8 nitrogen and oxygen atoms in total. The second-order valence-corrected chi connectivity index (χ2v) is 7.47. The van der Waals surface area contributed by atoms with Gasteiger partial charge in [-0.25, -0.2) is 18.0 Å². The third kappa shape index (κ3) is 2.78. The van der Waals surface area contributed by atoms with E-state index in [4.69, 9.17) is 0 Å². The Kier molecular flexibility index (Phi) is 3.88. The summed E-state index contributed by atoms with van der Waals surface area (Å²) < 4.78 is 26.9. The van der Waals surface area contributed by atoms with E-state index in [0.717, 1.165) is 4.31 Å². The number of para-hydroxylation sites is 1. The van der Waals surface area contributed by atoms with Gasteiger partial charge in [0, 0.05) is 7.05 Å². The summed E-state index contributed by atoms with van der Waals surface area (Å²) in [4.78, 5) is 27.8. The van der Waals surface area contributed by atoms with Crippen molar-refractivity contribution in [3.05, 3.63) is 58.0 Å². The average Bonchev–Trinajstić information content (AvgIpc) is 2.92. The molecule has 1 heterocycles. The molecular weight excluding hydrogens is 346 g/mol. The van der Waals surface area contributed by atoms with Gasteiger partial charge in [0.05, 0.1) is 27.2 Å². The normalized spacial score (nSPS) is 11.6. The van der Waals surface area contributed by atoms with Gasteiger partial charge in [0.15, 0.2) is 0 Å². The first-order valence-electron chi connectivity index (χ1n) is 7.25. The molecule has 0 saturated heterocycles. The van der Waals surface area contributed by atoms with Crippen LogP contribution in [0.2, 0.25) is 0 Å². The van der Waals surface area contributed by atoms with Crippen molar-refractivity contribution in [1.82, 2.24) is 9.97 Å². The largest absolute Gasteiger partial charge is 0.478 e. The number of imidazole rings is 1. The molecule has 0 aliphatic carbocycles. The number of nitrogens with zero attached hydrogens (tertiary/aromatic N) is 1. The Labute approximate surface area is 142 Å². The Balaban J connectivity index is 2.18. The predicted octanol–water partition coefficient (Wildman–Crippen LogP) is 1.69.